The summed E-state index contributed by atoms with van der Waals surface area (Å²) in [7, 11) is 5.39. The van der Waals surface area contributed by atoms with E-state index < -0.39 is 129 Å². The summed E-state index contributed by atoms with van der Waals surface area (Å²) in [4.78, 5) is 105. The quantitative estimate of drug-likeness (QED) is 0.0177. The SMILES string of the molecule is Cc1c(F)cccc1Oc1c(C(N)=O)c(Nc2ccc(I)cc2F)n(C)c(=O)c1F.Cc1c(F)cccc1Oc1cc(=O)n(C)c(Nc2ccc(I)cc2F)c1C(=O)NC[C@@H](O)CO.Cc1c(F)cccc1Oc1cc(=O)n(C)c(Nc2ccc(I)cc2F)c1C(=O)NC[C@H](O)CO.Cc1ncccc1Oc1cc(=O)n(C)c(Nc2ccc(I)cc2F)c1C(N)=O. The fourth-order valence-electron chi connectivity index (χ4n) is 11.3. The lowest BCUT2D eigenvalue weighted by molar-refractivity contribution is 0.0797. The predicted molar refractivity (Wildman–Crippen MR) is 487 cm³/mol. The Labute approximate surface area is 765 Å². The van der Waals surface area contributed by atoms with Crippen LogP contribution in [0.25, 0.3) is 0 Å². The van der Waals surface area contributed by atoms with Crippen LogP contribution in [0.3, 0.4) is 0 Å². The smallest absolute Gasteiger partial charge is 0.291 e. The molecule has 12 rings (SSSR count). The Bertz CT molecular complexity index is 6250. The van der Waals surface area contributed by atoms with Crippen molar-refractivity contribution in [3.05, 3.63) is 311 Å². The molecule has 41 heteroatoms. The van der Waals surface area contributed by atoms with Gasteiger partial charge in [-0.05, 0) is 239 Å². The molecule has 29 nitrogen and oxygen atoms in total. The van der Waals surface area contributed by atoms with Crippen LogP contribution in [0.2, 0.25) is 0 Å². The largest absolute Gasteiger partial charge is 0.456 e. The van der Waals surface area contributed by atoms with E-state index in [2.05, 4.69) is 36.9 Å². The Morgan fingerprint density at radius 3 is 1.02 bits per heavy atom. The number of aliphatic hydroxyl groups excluding tert-OH is 4. The number of rotatable bonds is 26. The van der Waals surface area contributed by atoms with Crippen molar-refractivity contribution in [1.82, 2.24) is 33.9 Å². The van der Waals surface area contributed by atoms with Crippen LogP contribution in [0.4, 0.5) is 81.1 Å². The molecule has 0 radical (unpaired) electrons. The van der Waals surface area contributed by atoms with E-state index in [1.807, 2.05) is 90.4 Å². The lowest BCUT2D eigenvalue weighted by Crippen LogP contribution is -2.35. The molecule has 14 N–H and O–H groups in total. The van der Waals surface area contributed by atoms with Crippen LogP contribution in [0.5, 0.6) is 46.0 Å². The van der Waals surface area contributed by atoms with Gasteiger partial charge in [-0.2, -0.15) is 4.39 Å². The highest BCUT2D eigenvalue weighted by Gasteiger charge is 2.31. The summed E-state index contributed by atoms with van der Waals surface area (Å²) in [6.07, 6.45) is -0.860. The Morgan fingerprint density at radius 2 is 0.698 bits per heavy atom. The Hall–Kier alpha value is -12.0. The van der Waals surface area contributed by atoms with E-state index >= 15 is 0 Å². The minimum atomic E-state index is -1.40. The predicted octanol–water partition coefficient (Wildman–Crippen LogP) is 14.2. The second-order valence-corrected chi connectivity index (χ2v) is 32.0. The average molecular weight is 2190 g/mol. The van der Waals surface area contributed by atoms with Crippen molar-refractivity contribution in [2.24, 2.45) is 39.7 Å². The highest BCUT2D eigenvalue weighted by molar-refractivity contribution is 14.1. The van der Waals surface area contributed by atoms with Gasteiger partial charge in [0.15, 0.2) is 5.75 Å². The number of halogens is 12. The Balaban J connectivity index is 0.000000191. The number of carbonyl (C=O) groups excluding carboxylic acids is 4. The highest BCUT2D eigenvalue weighted by Crippen LogP contribution is 2.40. The molecule has 0 unspecified atom stereocenters. The zero-order valence-corrected chi connectivity index (χ0v) is 75.8. The Morgan fingerprint density at radius 1 is 0.397 bits per heavy atom. The van der Waals surface area contributed by atoms with Gasteiger partial charge >= 0.3 is 0 Å². The number of aryl methyl sites for hydroxylation is 1. The van der Waals surface area contributed by atoms with Crippen molar-refractivity contribution < 1.29 is 93.7 Å². The van der Waals surface area contributed by atoms with Crippen LogP contribution in [-0.2, 0) is 28.2 Å². The number of nitrogens with zero attached hydrogens (tertiary/aromatic N) is 5. The van der Waals surface area contributed by atoms with Crippen molar-refractivity contribution in [1.29, 1.82) is 0 Å². The first-order valence-electron chi connectivity index (χ1n) is 36.8. The molecule has 2 atom stereocenters. The Kier molecular flexibility index (Phi) is 33.9. The molecular formula is C85H75F8I4N13O16. The molecular weight excluding hydrogens is 2120 g/mol. The summed E-state index contributed by atoms with van der Waals surface area (Å²) < 4.78 is 144. The molecule has 4 amide bonds. The minimum absolute atomic E-state index is 0.000977. The topological polar surface area (TPSA) is 411 Å². The number of benzene rings is 7. The zero-order valence-electron chi connectivity index (χ0n) is 67.2. The maximum absolute atomic E-state index is 14.8. The summed E-state index contributed by atoms with van der Waals surface area (Å²) in [6, 6.07) is 36.1. The van der Waals surface area contributed by atoms with E-state index in [1.54, 1.807) is 49.5 Å². The number of amides is 4. The molecule has 0 aliphatic heterocycles. The number of anilines is 8. The van der Waals surface area contributed by atoms with Gasteiger partial charge in [-0.15, -0.1) is 0 Å². The number of nitrogens with one attached hydrogen (secondary N) is 6. The van der Waals surface area contributed by atoms with Crippen LogP contribution >= 0.6 is 90.4 Å². The number of nitrogens with two attached hydrogens (primary N) is 2. The van der Waals surface area contributed by atoms with E-state index in [1.165, 1.54) is 157 Å². The van der Waals surface area contributed by atoms with Gasteiger partial charge in [0.1, 0.15) is 126 Å². The third-order valence-corrected chi connectivity index (χ3v) is 21.0. The first-order chi connectivity index (χ1) is 59.6. The summed E-state index contributed by atoms with van der Waals surface area (Å²) in [5.74, 6) is -10.4. The first kappa shape index (κ1) is 97.8. The summed E-state index contributed by atoms with van der Waals surface area (Å²) in [5, 5.41) is 53.2. The maximum atomic E-state index is 14.8. The monoisotopic (exact) mass is 2190 g/mol. The standard InChI is InChI=1S/2C23H22F2IN3O5.C20H15F3IN3O3.C19H16FIN4O3/c2*1-12-15(24)4-3-5-18(12)34-19-9-20(32)29(2)22(21(19)23(33)27-10-14(31)11-30)28-17-7-6-13(26)8-16(17)25;1-9-11(21)4-3-5-14(9)30-17-15(18(25)28)19(27(2)20(29)16(17)23)26-13-7-6-10(24)8-12(13)22;1-10-14(4-3-7-23-10)28-15-9-16(26)25(2)19(17(15)18(22)27)24-13-6-5-11(21)8-12(13)20/h2*3-9,14,28,30-31H,10-11H2,1-2H3,(H,27,33);3-8,26H,1-2H3,(H2,25,28);3-9,24H,1-2H3,(H2,22,27)/t2*14-;;/m10../s1. The van der Waals surface area contributed by atoms with Crippen LogP contribution in [-0.4, -0.2) is 106 Å². The maximum Gasteiger partial charge on any atom is 0.291 e. The van der Waals surface area contributed by atoms with Gasteiger partial charge in [-0.25, -0.2) is 30.7 Å². The van der Waals surface area contributed by atoms with Crippen molar-refractivity contribution >= 4 is 160 Å². The molecule has 12 aromatic rings. The van der Waals surface area contributed by atoms with Crippen molar-refractivity contribution in [3.63, 3.8) is 0 Å². The van der Waals surface area contributed by atoms with Crippen molar-refractivity contribution in [2.45, 2.75) is 39.9 Å². The second kappa shape index (κ2) is 43.7. The number of aliphatic hydroxyl groups is 4. The second-order valence-electron chi connectivity index (χ2n) is 27.0. The minimum Gasteiger partial charge on any atom is -0.456 e. The molecule has 126 heavy (non-hydrogen) atoms. The molecule has 0 bridgehead atoms. The van der Waals surface area contributed by atoms with Crippen LogP contribution in [0.1, 0.15) is 63.8 Å². The normalized spacial score (nSPS) is 11.2. The van der Waals surface area contributed by atoms with Gasteiger partial charge in [-0.1, -0.05) is 18.2 Å². The van der Waals surface area contributed by atoms with E-state index in [9.17, 15) is 83.7 Å². The number of hydrogen-bond acceptors (Lipinski definition) is 21. The van der Waals surface area contributed by atoms with E-state index in [4.69, 9.17) is 40.6 Å². The van der Waals surface area contributed by atoms with Gasteiger partial charge in [0.05, 0.1) is 53.9 Å². The summed E-state index contributed by atoms with van der Waals surface area (Å²) >= 11 is 7.78. The highest BCUT2D eigenvalue weighted by atomic mass is 127. The molecule has 7 aromatic carbocycles. The lowest BCUT2D eigenvalue weighted by atomic mass is 10.1. The molecule has 5 aromatic heterocycles. The molecule has 0 saturated carbocycles. The number of pyridine rings is 5. The number of hydrogen-bond donors (Lipinski definition) is 12. The van der Waals surface area contributed by atoms with Crippen LogP contribution in [0, 0.1) is 88.5 Å². The molecule has 0 fully saturated rings. The fourth-order valence-corrected chi connectivity index (χ4v) is 13.1. The zero-order chi connectivity index (χ0) is 92.6. The molecule has 0 aliphatic rings. The van der Waals surface area contributed by atoms with Gasteiger partial charge in [0, 0.05) is 96.6 Å². The number of carbonyl (C=O) groups is 4. The van der Waals surface area contributed by atoms with Crippen molar-refractivity contribution in [2.75, 3.05) is 47.6 Å². The third-order valence-electron chi connectivity index (χ3n) is 18.3. The van der Waals surface area contributed by atoms with Gasteiger partial charge in [-0.3, -0.25) is 61.6 Å². The number of aromatic nitrogens is 5. The average Bonchev–Trinajstić information content (AvgIpc) is 0.777. The lowest BCUT2D eigenvalue weighted by Gasteiger charge is -2.20. The van der Waals surface area contributed by atoms with Gasteiger partial charge < -0.3 is 82.7 Å². The molecule has 0 saturated heterocycles. The van der Waals surface area contributed by atoms with Gasteiger partial charge in [0.2, 0.25) is 5.82 Å². The molecule has 0 spiro atoms. The molecule has 0 aliphatic carbocycles. The summed E-state index contributed by atoms with van der Waals surface area (Å²) in [6.45, 7) is 4.29. The third kappa shape index (κ3) is 24.1. The first-order valence-corrected chi connectivity index (χ1v) is 41.1. The van der Waals surface area contributed by atoms with E-state index in [0.29, 0.717) is 25.7 Å². The van der Waals surface area contributed by atoms with Crippen LogP contribution in [0.15, 0.2) is 183 Å². The number of ether oxygens (including phenoxy) is 4. The van der Waals surface area contributed by atoms with E-state index in [0.717, 1.165) is 31.9 Å². The molecule has 660 valence electrons. The van der Waals surface area contributed by atoms with Gasteiger partial charge in [0.25, 0.3) is 45.9 Å². The fraction of sp³-hybridized carbons (Fsp3) is 0.165. The number of primary amides is 2. The van der Waals surface area contributed by atoms with Crippen molar-refractivity contribution in [3.8, 4) is 46.0 Å². The summed E-state index contributed by atoms with van der Waals surface area (Å²) in [5.41, 5.74) is 8.15. The van der Waals surface area contributed by atoms with E-state index in [-0.39, 0.29) is 127 Å². The van der Waals surface area contributed by atoms with Crippen LogP contribution < -0.4 is 84.6 Å². The molecule has 5 heterocycles.